The normalized spacial score (nSPS) is 25.1. The molecule has 1 saturated heterocycles. The number of hydrogen-bond acceptors (Lipinski definition) is 4. The number of hydrogen-bond donors (Lipinski definition) is 1. The van der Waals surface area contributed by atoms with Crippen LogP contribution in [-0.2, 0) is 11.2 Å². The maximum absolute atomic E-state index is 10.1. The van der Waals surface area contributed by atoms with Crippen LogP contribution in [0, 0.1) is 5.92 Å². The summed E-state index contributed by atoms with van der Waals surface area (Å²) >= 11 is 0. The van der Waals surface area contributed by atoms with Crippen molar-refractivity contribution in [2.24, 2.45) is 5.92 Å². The van der Waals surface area contributed by atoms with Gasteiger partial charge in [-0.05, 0) is 26.3 Å². The maximum Gasteiger partial charge on any atom is 0.165 e. The molecule has 3 rings (SSSR count). The van der Waals surface area contributed by atoms with Crippen LogP contribution in [0.15, 0.2) is 18.2 Å². The van der Waals surface area contributed by atoms with Gasteiger partial charge in [-0.15, -0.1) is 0 Å². The van der Waals surface area contributed by atoms with Gasteiger partial charge in [-0.2, -0.15) is 0 Å². The standard InChI is InChI=1S/C16H22O4/c1-16(2)8-11-4-3-5-14(15(11)20-16)19-10-13(17)12-6-7-18-9-12/h3-5,12-13,17H,6-10H2,1-2H3. The molecule has 0 spiro atoms. The largest absolute Gasteiger partial charge is 0.487 e. The molecule has 2 aliphatic rings. The zero-order valence-electron chi connectivity index (χ0n) is 12.1. The van der Waals surface area contributed by atoms with Crippen molar-refractivity contribution >= 4 is 0 Å². The van der Waals surface area contributed by atoms with Crippen molar-refractivity contribution < 1.29 is 19.3 Å². The lowest BCUT2D eigenvalue weighted by Gasteiger charge is -2.20. The van der Waals surface area contributed by atoms with E-state index in [0.29, 0.717) is 6.61 Å². The van der Waals surface area contributed by atoms with Crippen molar-refractivity contribution in [3.8, 4) is 11.5 Å². The van der Waals surface area contributed by atoms with Crippen molar-refractivity contribution in [2.45, 2.75) is 38.4 Å². The van der Waals surface area contributed by atoms with Crippen molar-refractivity contribution in [1.82, 2.24) is 0 Å². The highest BCUT2D eigenvalue weighted by atomic mass is 16.5. The molecule has 0 bridgehead atoms. The number of aliphatic hydroxyl groups excluding tert-OH is 1. The van der Waals surface area contributed by atoms with E-state index in [1.165, 1.54) is 5.56 Å². The summed E-state index contributed by atoms with van der Waals surface area (Å²) < 4.78 is 17.0. The Morgan fingerprint density at radius 1 is 1.45 bits per heavy atom. The molecular weight excluding hydrogens is 256 g/mol. The van der Waals surface area contributed by atoms with E-state index in [0.717, 1.165) is 30.9 Å². The topological polar surface area (TPSA) is 47.9 Å². The van der Waals surface area contributed by atoms with Gasteiger partial charge < -0.3 is 19.3 Å². The van der Waals surface area contributed by atoms with E-state index in [9.17, 15) is 5.11 Å². The number of para-hydroxylation sites is 1. The Kier molecular flexibility index (Phi) is 3.61. The minimum absolute atomic E-state index is 0.181. The van der Waals surface area contributed by atoms with Crippen LogP contribution in [0.5, 0.6) is 11.5 Å². The van der Waals surface area contributed by atoms with Crippen LogP contribution < -0.4 is 9.47 Å². The van der Waals surface area contributed by atoms with Gasteiger partial charge in [-0.25, -0.2) is 0 Å². The molecule has 1 aromatic carbocycles. The van der Waals surface area contributed by atoms with E-state index in [1.807, 2.05) is 12.1 Å². The summed E-state index contributed by atoms with van der Waals surface area (Å²) in [4.78, 5) is 0. The number of benzene rings is 1. The van der Waals surface area contributed by atoms with Gasteiger partial charge in [-0.1, -0.05) is 12.1 Å². The number of rotatable bonds is 4. The smallest absolute Gasteiger partial charge is 0.165 e. The zero-order valence-corrected chi connectivity index (χ0v) is 12.1. The van der Waals surface area contributed by atoms with Crippen molar-refractivity contribution in [3.63, 3.8) is 0 Å². The van der Waals surface area contributed by atoms with Crippen molar-refractivity contribution in [3.05, 3.63) is 23.8 Å². The second-order valence-electron chi connectivity index (χ2n) is 6.28. The first-order valence-electron chi connectivity index (χ1n) is 7.25. The van der Waals surface area contributed by atoms with Gasteiger partial charge >= 0.3 is 0 Å². The fraction of sp³-hybridized carbons (Fsp3) is 0.625. The third-order valence-electron chi connectivity index (χ3n) is 3.97. The lowest BCUT2D eigenvalue weighted by Crippen LogP contribution is -2.28. The molecule has 0 aliphatic carbocycles. The predicted molar refractivity (Wildman–Crippen MR) is 75.3 cm³/mol. The zero-order chi connectivity index (χ0) is 14.2. The molecule has 0 radical (unpaired) electrons. The van der Waals surface area contributed by atoms with Gasteiger partial charge in [0.1, 0.15) is 12.2 Å². The number of aliphatic hydroxyl groups is 1. The first-order valence-corrected chi connectivity index (χ1v) is 7.25. The average molecular weight is 278 g/mol. The highest BCUT2D eigenvalue weighted by Gasteiger charge is 2.32. The molecular formula is C16H22O4. The Bertz CT molecular complexity index is 477. The molecule has 110 valence electrons. The van der Waals surface area contributed by atoms with Crippen LogP contribution in [0.25, 0.3) is 0 Å². The lowest BCUT2D eigenvalue weighted by molar-refractivity contribution is 0.0475. The molecule has 4 nitrogen and oxygen atoms in total. The fourth-order valence-corrected chi connectivity index (χ4v) is 2.87. The van der Waals surface area contributed by atoms with Crippen LogP contribution in [0.4, 0.5) is 0 Å². The maximum atomic E-state index is 10.1. The third kappa shape index (κ3) is 2.76. The summed E-state index contributed by atoms with van der Waals surface area (Å²) in [6.45, 7) is 5.79. The first kappa shape index (κ1) is 13.7. The molecule has 2 unspecified atom stereocenters. The Morgan fingerprint density at radius 3 is 3.05 bits per heavy atom. The Morgan fingerprint density at radius 2 is 2.30 bits per heavy atom. The van der Waals surface area contributed by atoms with Gasteiger partial charge in [0, 0.05) is 24.5 Å². The Hall–Kier alpha value is -1.26. The SMILES string of the molecule is CC1(C)Cc2cccc(OCC(O)C3CCOC3)c2O1. The van der Waals surface area contributed by atoms with Crippen molar-refractivity contribution in [2.75, 3.05) is 19.8 Å². The first-order chi connectivity index (χ1) is 9.55. The van der Waals surface area contributed by atoms with Gasteiger partial charge in [0.2, 0.25) is 0 Å². The van der Waals surface area contributed by atoms with Crippen LogP contribution >= 0.6 is 0 Å². The molecule has 20 heavy (non-hydrogen) atoms. The summed E-state index contributed by atoms with van der Waals surface area (Å²) in [7, 11) is 0. The molecule has 1 aromatic rings. The molecule has 4 heteroatoms. The van der Waals surface area contributed by atoms with Gasteiger partial charge in [0.25, 0.3) is 0 Å². The van der Waals surface area contributed by atoms with E-state index in [-0.39, 0.29) is 18.1 Å². The van der Waals surface area contributed by atoms with Crippen molar-refractivity contribution in [1.29, 1.82) is 0 Å². The Balaban J connectivity index is 1.65. The molecule has 2 aliphatic heterocycles. The summed E-state index contributed by atoms with van der Waals surface area (Å²) in [5.41, 5.74) is 0.992. The van der Waals surface area contributed by atoms with Crippen LogP contribution in [0.3, 0.4) is 0 Å². The van der Waals surface area contributed by atoms with Gasteiger partial charge in [0.05, 0.1) is 12.7 Å². The molecule has 1 N–H and O–H groups in total. The molecule has 0 amide bonds. The third-order valence-corrected chi connectivity index (χ3v) is 3.97. The van der Waals surface area contributed by atoms with E-state index >= 15 is 0 Å². The quantitative estimate of drug-likeness (QED) is 0.917. The monoisotopic (exact) mass is 278 g/mol. The van der Waals surface area contributed by atoms with E-state index in [1.54, 1.807) is 0 Å². The summed E-state index contributed by atoms with van der Waals surface area (Å²) in [6, 6.07) is 5.94. The second kappa shape index (κ2) is 5.26. The molecule has 2 atom stereocenters. The Labute approximate surface area is 119 Å². The van der Waals surface area contributed by atoms with E-state index in [4.69, 9.17) is 14.2 Å². The molecule has 1 fully saturated rings. The van der Waals surface area contributed by atoms with E-state index < -0.39 is 6.10 Å². The van der Waals surface area contributed by atoms with Gasteiger partial charge in [-0.3, -0.25) is 0 Å². The molecule has 2 heterocycles. The van der Waals surface area contributed by atoms with Crippen LogP contribution in [0.1, 0.15) is 25.8 Å². The molecule has 0 saturated carbocycles. The van der Waals surface area contributed by atoms with Crippen LogP contribution in [0.2, 0.25) is 0 Å². The number of ether oxygens (including phenoxy) is 3. The van der Waals surface area contributed by atoms with Gasteiger partial charge in [0.15, 0.2) is 11.5 Å². The second-order valence-corrected chi connectivity index (χ2v) is 6.28. The predicted octanol–water partition coefficient (Wildman–Crippen LogP) is 2.18. The minimum atomic E-state index is -0.484. The average Bonchev–Trinajstić information content (AvgIpc) is 3.01. The lowest BCUT2D eigenvalue weighted by atomic mass is 10.0. The summed E-state index contributed by atoms with van der Waals surface area (Å²) in [5, 5.41) is 10.1. The highest BCUT2D eigenvalue weighted by Crippen LogP contribution is 2.41. The van der Waals surface area contributed by atoms with Crippen LogP contribution in [-0.4, -0.2) is 36.6 Å². The number of fused-ring (bicyclic) bond motifs is 1. The summed E-state index contributed by atoms with van der Waals surface area (Å²) in [5.74, 6) is 1.74. The highest BCUT2D eigenvalue weighted by molar-refractivity contribution is 5.50. The van der Waals surface area contributed by atoms with E-state index in [2.05, 4.69) is 19.9 Å². The minimum Gasteiger partial charge on any atom is -0.487 e. The molecule has 0 aromatic heterocycles. The summed E-state index contributed by atoms with van der Waals surface area (Å²) in [6.07, 6.45) is 1.31. The fourth-order valence-electron chi connectivity index (χ4n) is 2.87.